The summed E-state index contributed by atoms with van der Waals surface area (Å²) in [5.41, 5.74) is 1.64. The molecule has 0 aliphatic heterocycles. The Hall–Kier alpha value is -3.52. The summed E-state index contributed by atoms with van der Waals surface area (Å²) in [6.45, 7) is 1.39. The third kappa shape index (κ3) is 3.88. The van der Waals surface area contributed by atoms with E-state index in [0.717, 1.165) is 11.6 Å². The van der Waals surface area contributed by atoms with Crippen LogP contribution in [0.5, 0.6) is 0 Å². The van der Waals surface area contributed by atoms with Gasteiger partial charge in [0.1, 0.15) is 22.8 Å². The molecule has 29 heavy (non-hydrogen) atoms. The molecule has 4 rings (SSSR count). The average molecular weight is 414 g/mol. The van der Waals surface area contributed by atoms with Crippen LogP contribution in [0, 0.1) is 12.7 Å². The molecule has 4 aromatic rings. The Bertz CT molecular complexity index is 1170. The Kier molecular flexibility index (Phi) is 5.09. The van der Waals surface area contributed by atoms with E-state index in [2.05, 4.69) is 15.4 Å². The number of rotatable bonds is 5. The Balaban J connectivity index is 1.53. The molecule has 0 saturated carbocycles. The van der Waals surface area contributed by atoms with Gasteiger partial charge < -0.3 is 13.7 Å². The highest BCUT2D eigenvalue weighted by Crippen LogP contribution is 2.33. The maximum absolute atomic E-state index is 13.8. The van der Waals surface area contributed by atoms with Gasteiger partial charge in [-0.25, -0.2) is 9.18 Å². The lowest BCUT2D eigenvalue weighted by molar-refractivity contribution is 0.0433. The second-order valence-corrected chi connectivity index (χ2v) is 6.47. The summed E-state index contributed by atoms with van der Waals surface area (Å²) < 4.78 is 29.7. The van der Waals surface area contributed by atoms with Crippen LogP contribution in [-0.2, 0) is 11.3 Å². The molecule has 0 unspecified atom stereocenters. The van der Waals surface area contributed by atoms with E-state index in [9.17, 15) is 9.18 Å². The van der Waals surface area contributed by atoms with Gasteiger partial charge in [0.05, 0.1) is 5.56 Å². The molecule has 0 saturated heterocycles. The van der Waals surface area contributed by atoms with E-state index in [4.69, 9.17) is 25.3 Å². The normalized spacial score (nSPS) is 10.9. The minimum absolute atomic E-state index is 0.0374. The molecule has 0 radical (unpaired) electrons. The summed E-state index contributed by atoms with van der Waals surface area (Å²) in [7, 11) is 0. The summed E-state index contributed by atoms with van der Waals surface area (Å²) >= 11 is 5.79. The van der Waals surface area contributed by atoms with Gasteiger partial charge in [0.2, 0.25) is 0 Å². The third-order valence-electron chi connectivity index (χ3n) is 4.07. The van der Waals surface area contributed by atoms with Crippen LogP contribution >= 0.6 is 11.6 Å². The molecule has 146 valence electrons. The van der Waals surface area contributed by atoms with Crippen molar-refractivity contribution in [2.45, 2.75) is 13.5 Å². The summed E-state index contributed by atoms with van der Waals surface area (Å²) in [4.78, 5) is 12.1. The average Bonchev–Trinajstić information content (AvgIpc) is 3.34. The smallest absolute Gasteiger partial charge is 0.341 e. The molecule has 0 N–H and O–H groups in total. The highest BCUT2D eigenvalue weighted by atomic mass is 35.5. The lowest BCUT2D eigenvalue weighted by Crippen LogP contribution is -2.07. The first-order valence-electron chi connectivity index (χ1n) is 8.49. The summed E-state index contributed by atoms with van der Waals surface area (Å²) in [6.07, 6.45) is 0. The van der Waals surface area contributed by atoms with Crippen LogP contribution in [0.15, 0.2) is 57.5 Å². The van der Waals surface area contributed by atoms with E-state index in [-0.39, 0.29) is 29.0 Å². The van der Waals surface area contributed by atoms with E-state index in [0.29, 0.717) is 17.0 Å². The Morgan fingerprint density at radius 2 is 1.97 bits per heavy atom. The number of aromatic nitrogens is 3. The Morgan fingerprint density at radius 1 is 1.17 bits per heavy atom. The lowest BCUT2D eigenvalue weighted by atomic mass is 10.1. The molecule has 7 nitrogen and oxygen atoms in total. The van der Waals surface area contributed by atoms with Crippen molar-refractivity contribution in [2.75, 3.05) is 0 Å². The van der Waals surface area contributed by atoms with Crippen molar-refractivity contribution in [1.29, 1.82) is 0 Å². The Morgan fingerprint density at radius 3 is 2.76 bits per heavy atom. The number of hydrogen-bond donors (Lipinski definition) is 0. The second kappa shape index (κ2) is 7.84. The monoisotopic (exact) mass is 413 g/mol. The summed E-state index contributed by atoms with van der Waals surface area (Å²) in [5.74, 6) is -0.927. The standard InChI is InChI=1S/C20H13ClFN3O4/c1-11-17(18(25-29-11)12-5-3-2-4-6-12)19-24-23-16(28-19)10-27-20(26)14-9-13(21)7-8-15(14)22/h2-9H,10H2,1H3. The zero-order chi connectivity index (χ0) is 20.4. The van der Waals surface area contributed by atoms with E-state index in [1.807, 2.05) is 30.3 Å². The topological polar surface area (TPSA) is 91.3 Å². The number of hydrogen-bond acceptors (Lipinski definition) is 7. The number of aryl methyl sites for hydroxylation is 1. The molecule has 9 heteroatoms. The van der Waals surface area contributed by atoms with Crippen LogP contribution in [0.2, 0.25) is 5.02 Å². The van der Waals surface area contributed by atoms with Gasteiger partial charge in [0.25, 0.3) is 11.8 Å². The van der Waals surface area contributed by atoms with Gasteiger partial charge in [-0.1, -0.05) is 47.1 Å². The number of carbonyl (C=O) groups is 1. The van der Waals surface area contributed by atoms with Crippen LogP contribution in [0.1, 0.15) is 22.0 Å². The maximum Gasteiger partial charge on any atom is 0.341 e. The number of benzene rings is 2. The molecular weight excluding hydrogens is 401 g/mol. The highest BCUT2D eigenvalue weighted by molar-refractivity contribution is 6.30. The first-order chi connectivity index (χ1) is 14.0. The number of esters is 1. The van der Waals surface area contributed by atoms with Crippen molar-refractivity contribution < 1.29 is 22.9 Å². The third-order valence-corrected chi connectivity index (χ3v) is 4.30. The highest BCUT2D eigenvalue weighted by Gasteiger charge is 2.22. The van der Waals surface area contributed by atoms with E-state index < -0.39 is 11.8 Å². The fourth-order valence-corrected chi connectivity index (χ4v) is 2.86. The first kappa shape index (κ1) is 18.8. The molecule has 0 spiro atoms. The molecule has 0 aliphatic carbocycles. The van der Waals surface area contributed by atoms with Crippen LogP contribution < -0.4 is 0 Å². The van der Waals surface area contributed by atoms with Crippen LogP contribution in [0.3, 0.4) is 0 Å². The van der Waals surface area contributed by atoms with Crippen LogP contribution in [-0.4, -0.2) is 21.3 Å². The van der Waals surface area contributed by atoms with E-state index in [1.165, 1.54) is 12.1 Å². The predicted octanol–water partition coefficient (Wildman–Crippen LogP) is 4.85. The molecule has 2 aromatic carbocycles. The SMILES string of the molecule is Cc1onc(-c2ccccc2)c1-c1nnc(COC(=O)c2cc(Cl)ccc2F)o1. The zero-order valence-corrected chi connectivity index (χ0v) is 15.8. The number of carbonyl (C=O) groups excluding carboxylic acids is 1. The van der Waals surface area contributed by atoms with Gasteiger partial charge in [0, 0.05) is 10.6 Å². The fourth-order valence-electron chi connectivity index (χ4n) is 2.69. The van der Waals surface area contributed by atoms with Gasteiger partial charge >= 0.3 is 5.97 Å². The van der Waals surface area contributed by atoms with Crippen molar-refractivity contribution in [2.24, 2.45) is 0 Å². The summed E-state index contributed by atoms with van der Waals surface area (Å²) in [5, 5.41) is 12.1. The summed E-state index contributed by atoms with van der Waals surface area (Å²) in [6, 6.07) is 13.0. The molecule has 0 atom stereocenters. The van der Waals surface area contributed by atoms with Gasteiger partial charge in [-0.3, -0.25) is 0 Å². The minimum Gasteiger partial charge on any atom is -0.452 e. The van der Waals surface area contributed by atoms with Gasteiger partial charge in [-0.2, -0.15) is 0 Å². The molecule has 2 aromatic heterocycles. The van der Waals surface area contributed by atoms with Crippen LogP contribution in [0.4, 0.5) is 4.39 Å². The fraction of sp³-hybridized carbons (Fsp3) is 0.100. The number of ether oxygens (including phenoxy) is 1. The molecule has 0 bridgehead atoms. The molecule has 0 fully saturated rings. The van der Waals surface area contributed by atoms with Crippen molar-refractivity contribution in [3.8, 4) is 22.7 Å². The minimum atomic E-state index is -0.893. The first-order valence-corrected chi connectivity index (χ1v) is 8.87. The number of halogens is 2. The predicted molar refractivity (Wildman–Crippen MR) is 100 cm³/mol. The lowest BCUT2D eigenvalue weighted by Gasteiger charge is -2.03. The van der Waals surface area contributed by atoms with Gasteiger partial charge in [0.15, 0.2) is 6.61 Å². The molecule has 0 aliphatic rings. The molecular formula is C20H13ClFN3O4. The van der Waals surface area contributed by atoms with Crippen molar-refractivity contribution in [1.82, 2.24) is 15.4 Å². The molecule has 2 heterocycles. The second-order valence-electron chi connectivity index (χ2n) is 6.03. The van der Waals surface area contributed by atoms with E-state index in [1.54, 1.807) is 6.92 Å². The van der Waals surface area contributed by atoms with E-state index >= 15 is 0 Å². The largest absolute Gasteiger partial charge is 0.452 e. The zero-order valence-electron chi connectivity index (χ0n) is 15.1. The maximum atomic E-state index is 13.8. The van der Waals surface area contributed by atoms with Gasteiger partial charge in [-0.05, 0) is 25.1 Å². The molecule has 0 amide bonds. The van der Waals surface area contributed by atoms with Crippen molar-refractivity contribution in [3.63, 3.8) is 0 Å². The number of nitrogens with zero attached hydrogens (tertiary/aromatic N) is 3. The van der Waals surface area contributed by atoms with Crippen molar-refractivity contribution >= 4 is 17.6 Å². The quantitative estimate of drug-likeness (QED) is 0.432. The Labute approximate surface area is 169 Å². The van der Waals surface area contributed by atoms with Crippen LogP contribution in [0.25, 0.3) is 22.7 Å². The van der Waals surface area contributed by atoms with Crippen molar-refractivity contribution in [3.05, 3.63) is 76.6 Å². The van der Waals surface area contributed by atoms with Gasteiger partial charge in [-0.15, -0.1) is 10.2 Å².